The van der Waals surface area contributed by atoms with Gasteiger partial charge < -0.3 is 15.4 Å². The molecule has 1 aliphatic rings. The van der Waals surface area contributed by atoms with Crippen molar-refractivity contribution in [3.05, 3.63) is 11.8 Å². The Hall–Kier alpha value is -1.54. The zero-order valence-electron chi connectivity index (χ0n) is 13.0. The molecule has 2 N–H and O–H groups in total. The second-order valence-corrected chi connectivity index (χ2v) is 6.55. The van der Waals surface area contributed by atoms with Crippen molar-refractivity contribution in [3.63, 3.8) is 0 Å². The topological polar surface area (TPSA) is 74.2 Å². The number of rotatable bonds is 4. The predicted molar refractivity (Wildman–Crippen MR) is 77.8 cm³/mol. The van der Waals surface area contributed by atoms with Crippen molar-refractivity contribution < 1.29 is 9.53 Å². The van der Waals surface area contributed by atoms with Gasteiger partial charge >= 0.3 is 5.97 Å². The second kappa shape index (κ2) is 6.27. The van der Waals surface area contributed by atoms with Gasteiger partial charge in [-0.25, -0.2) is 4.79 Å². The van der Waals surface area contributed by atoms with Crippen LogP contribution in [-0.2, 0) is 9.53 Å². The Balaban J connectivity index is 2.81. The Bertz CT molecular complexity index is 417. The molecule has 0 spiro atoms. The van der Waals surface area contributed by atoms with Gasteiger partial charge in [0.15, 0.2) is 0 Å². The first kappa shape index (κ1) is 16.5. The molecule has 0 aromatic carbocycles. The van der Waals surface area contributed by atoms with Crippen LogP contribution in [0.5, 0.6) is 0 Å². The number of hydrogen-bond acceptors (Lipinski definition) is 5. The molecule has 0 atom stereocenters. The summed E-state index contributed by atoms with van der Waals surface area (Å²) in [5.74, 6) is -0.469. The van der Waals surface area contributed by atoms with E-state index in [1.165, 1.54) is 6.08 Å². The van der Waals surface area contributed by atoms with Crippen LogP contribution in [-0.4, -0.2) is 29.7 Å². The van der Waals surface area contributed by atoms with E-state index >= 15 is 0 Å². The smallest absolute Gasteiger partial charge is 0.355 e. The molecule has 5 nitrogen and oxygen atoms in total. The fourth-order valence-electron chi connectivity index (χ4n) is 3.08. The van der Waals surface area contributed by atoms with Gasteiger partial charge in [-0.3, -0.25) is 0 Å². The average molecular weight is 279 g/mol. The first-order valence-corrected chi connectivity index (χ1v) is 7.02. The van der Waals surface area contributed by atoms with Crippen LogP contribution in [0.2, 0.25) is 0 Å². The standard InChI is InChI=1S/C15H25N3O2/c1-6-20-13(19)12(7-8-16)17-11-9-14(2,3)18-15(4,5)10-11/h7,11,17-18H,6,9-10H2,1-5H3/b12-7+. The number of nitrogens with one attached hydrogen (secondary N) is 2. The van der Waals surface area contributed by atoms with Gasteiger partial charge in [0, 0.05) is 23.2 Å². The summed E-state index contributed by atoms with van der Waals surface area (Å²) in [6, 6.07) is 2.03. The van der Waals surface area contributed by atoms with Gasteiger partial charge in [-0.1, -0.05) is 0 Å². The number of carbonyl (C=O) groups excluding carboxylic acids is 1. The number of hydrogen-bond donors (Lipinski definition) is 2. The van der Waals surface area contributed by atoms with Crippen molar-refractivity contribution in [1.29, 1.82) is 5.26 Å². The molecule has 0 amide bonds. The molecule has 1 saturated heterocycles. The van der Waals surface area contributed by atoms with Crippen LogP contribution in [0.3, 0.4) is 0 Å². The molecular weight excluding hydrogens is 254 g/mol. The quantitative estimate of drug-likeness (QED) is 0.467. The van der Waals surface area contributed by atoms with Crippen LogP contribution in [0, 0.1) is 11.3 Å². The van der Waals surface area contributed by atoms with Gasteiger partial charge in [-0.05, 0) is 47.5 Å². The monoisotopic (exact) mass is 279 g/mol. The van der Waals surface area contributed by atoms with E-state index in [9.17, 15) is 4.79 Å². The molecule has 1 rings (SSSR count). The average Bonchev–Trinajstić information content (AvgIpc) is 2.24. The van der Waals surface area contributed by atoms with Crippen LogP contribution in [0.25, 0.3) is 0 Å². The summed E-state index contributed by atoms with van der Waals surface area (Å²) in [4.78, 5) is 11.8. The molecule has 0 aliphatic carbocycles. The molecule has 1 fully saturated rings. The lowest BCUT2D eigenvalue weighted by Gasteiger charge is -2.46. The van der Waals surface area contributed by atoms with E-state index in [2.05, 4.69) is 38.3 Å². The molecule has 20 heavy (non-hydrogen) atoms. The summed E-state index contributed by atoms with van der Waals surface area (Å²) in [6.45, 7) is 10.6. The van der Waals surface area contributed by atoms with Gasteiger partial charge in [0.2, 0.25) is 0 Å². The summed E-state index contributed by atoms with van der Waals surface area (Å²) in [5, 5.41) is 15.6. The van der Waals surface area contributed by atoms with Crippen LogP contribution in [0.4, 0.5) is 0 Å². The molecule has 1 aliphatic heterocycles. The Morgan fingerprint density at radius 1 is 1.40 bits per heavy atom. The zero-order chi connectivity index (χ0) is 15.4. The number of esters is 1. The van der Waals surface area contributed by atoms with Gasteiger partial charge in [0.25, 0.3) is 0 Å². The van der Waals surface area contributed by atoms with Crippen LogP contribution in [0.15, 0.2) is 11.8 Å². The Kier molecular flexibility index (Phi) is 5.18. The van der Waals surface area contributed by atoms with Crippen molar-refractivity contribution in [3.8, 4) is 6.07 Å². The van der Waals surface area contributed by atoms with Crippen molar-refractivity contribution >= 4 is 5.97 Å². The Morgan fingerprint density at radius 2 is 1.95 bits per heavy atom. The summed E-state index contributed by atoms with van der Waals surface area (Å²) >= 11 is 0. The zero-order valence-corrected chi connectivity index (χ0v) is 13.0. The maximum Gasteiger partial charge on any atom is 0.355 e. The molecular formula is C15H25N3O2. The highest BCUT2D eigenvalue weighted by Gasteiger charge is 2.38. The van der Waals surface area contributed by atoms with Crippen molar-refractivity contribution in [2.75, 3.05) is 6.61 Å². The summed E-state index contributed by atoms with van der Waals surface area (Å²) in [7, 11) is 0. The number of allylic oxidation sites excluding steroid dienone is 1. The van der Waals surface area contributed by atoms with E-state index in [4.69, 9.17) is 10.00 Å². The molecule has 0 saturated carbocycles. The maximum absolute atomic E-state index is 11.8. The fraction of sp³-hybridized carbons (Fsp3) is 0.733. The van der Waals surface area contributed by atoms with Gasteiger partial charge in [-0.15, -0.1) is 0 Å². The van der Waals surface area contributed by atoms with E-state index in [1.54, 1.807) is 6.92 Å². The van der Waals surface area contributed by atoms with Gasteiger partial charge in [0.1, 0.15) is 5.70 Å². The van der Waals surface area contributed by atoms with Crippen LogP contribution < -0.4 is 10.6 Å². The third-order valence-electron chi connectivity index (χ3n) is 3.25. The normalized spacial score (nSPS) is 21.9. The molecule has 0 unspecified atom stereocenters. The third-order valence-corrected chi connectivity index (χ3v) is 3.25. The molecule has 1 heterocycles. The highest BCUT2D eigenvalue weighted by molar-refractivity contribution is 5.88. The lowest BCUT2D eigenvalue weighted by Crippen LogP contribution is -2.61. The van der Waals surface area contributed by atoms with Crippen LogP contribution >= 0.6 is 0 Å². The molecule has 5 heteroatoms. The minimum absolute atomic E-state index is 0.0220. The maximum atomic E-state index is 11.8. The highest BCUT2D eigenvalue weighted by Crippen LogP contribution is 2.29. The van der Waals surface area contributed by atoms with E-state index in [-0.39, 0.29) is 22.8 Å². The molecule has 0 aromatic rings. The SMILES string of the molecule is CCOC(=O)/C(=C\C#N)NC1CC(C)(C)NC(C)(C)C1. The molecule has 0 aromatic heterocycles. The largest absolute Gasteiger partial charge is 0.461 e. The fourth-order valence-corrected chi connectivity index (χ4v) is 3.08. The van der Waals surface area contributed by atoms with E-state index < -0.39 is 5.97 Å². The third kappa shape index (κ3) is 4.86. The number of piperidine rings is 1. The predicted octanol–water partition coefficient (Wildman–Crippen LogP) is 1.86. The Labute approximate surface area is 121 Å². The minimum atomic E-state index is -0.469. The van der Waals surface area contributed by atoms with E-state index in [1.807, 2.05) is 6.07 Å². The first-order chi connectivity index (χ1) is 9.19. The Morgan fingerprint density at radius 3 is 2.40 bits per heavy atom. The van der Waals surface area contributed by atoms with E-state index in [0.29, 0.717) is 6.61 Å². The van der Waals surface area contributed by atoms with E-state index in [0.717, 1.165) is 12.8 Å². The van der Waals surface area contributed by atoms with Crippen molar-refractivity contribution in [2.24, 2.45) is 0 Å². The highest BCUT2D eigenvalue weighted by atomic mass is 16.5. The lowest BCUT2D eigenvalue weighted by molar-refractivity contribution is -0.139. The van der Waals surface area contributed by atoms with Crippen LogP contribution in [0.1, 0.15) is 47.5 Å². The van der Waals surface area contributed by atoms with Gasteiger partial charge in [0.05, 0.1) is 12.7 Å². The van der Waals surface area contributed by atoms with Crippen molar-refractivity contribution in [2.45, 2.75) is 64.6 Å². The second-order valence-electron chi connectivity index (χ2n) is 6.55. The number of nitriles is 1. The van der Waals surface area contributed by atoms with Crippen molar-refractivity contribution in [1.82, 2.24) is 10.6 Å². The molecule has 112 valence electrons. The minimum Gasteiger partial charge on any atom is -0.461 e. The summed E-state index contributed by atoms with van der Waals surface area (Å²) < 4.78 is 4.97. The number of carbonyl (C=O) groups is 1. The summed E-state index contributed by atoms with van der Waals surface area (Å²) in [6.07, 6.45) is 2.97. The lowest BCUT2D eigenvalue weighted by atomic mass is 9.79. The van der Waals surface area contributed by atoms with Gasteiger partial charge in [-0.2, -0.15) is 5.26 Å². The first-order valence-electron chi connectivity index (χ1n) is 7.02. The molecule has 0 bridgehead atoms. The molecule has 0 radical (unpaired) electrons. The summed E-state index contributed by atoms with van der Waals surface area (Å²) in [5.41, 5.74) is 0.199. The number of nitrogens with zero attached hydrogens (tertiary/aromatic N) is 1. The number of ether oxygens (including phenoxy) is 1.